The van der Waals surface area contributed by atoms with E-state index < -0.39 is 10.0 Å². The minimum atomic E-state index is -3.51. The number of nitrogens with zero attached hydrogens (tertiary/aromatic N) is 3. The molecule has 1 saturated heterocycles. The monoisotopic (exact) mass is 493 g/mol. The van der Waals surface area contributed by atoms with E-state index in [-0.39, 0.29) is 10.7 Å². The number of rotatable bonds is 6. The molecule has 2 aromatic carbocycles. The minimum Gasteiger partial charge on any atom is -0.316 e. The highest BCUT2D eigenvalue weighted by Crippen LogP contribution is 2.39. The van der Waals surface area contributed by atoms with Crippen molar-refractivity contribution in [3.63, 3.8) is 0 Å². The Kier molecular flexibility index (Phi) is 6.22. The highest BCUT2D eigenvalue weighted by Gasteiger charge is 2.29. The van der Waals surface area contributed by atoms with Crippen molar-refractivity contribution in [1.82, 2.24) is 13.9 Å². The molecule has 0 N–H and O–H groups in total. The Bertz CT molecular complexity index is 1230. The summed E-state index contributed by atoms with van der Waals surface area (Å²) in [6, 6.07) is 10.3. The maximum absolute atomic E-state index is 14.3. The SMILES string of the molecule is O=S(=O)(c1ccc2c(c1)nc(SCc1c(F)cccc1Cl)n2C1CCCC1)N1CCCC1. The van der Waals surface area contributed by atoms with Crippen LogP contribution in [0.3, 0.4) is 0 Å². The maximum atomic E-state index is 14.3. The zero-order valence-electron chi connectivity index (χ0n) is 17.6. The van der Waals surface area contributed by atoms with Gasteiger partial charge in [-0.3, -0.25) is 0 Å². The van der Waals surface area contributed by atoms with E-state index in [1.807, 2.05) is 6.07 Å². The molecule has 0 atom stereocenters. The number of sulfonamides is 1. The Morgan fingerprint density at radius 2 is 1.84 bits per heavy atom. The Hall–Kier alpha value is -1.61. The van der Waals surface area contributed by atoms with Crippen molar-refractivity contribution in [2.24, 2.45) is 0 Å². The van der Waals surface area contributed by atoms with E-state index in [9.17, 15) is 12.8 Å². The Morgan fingerprint density at radius 1 is 1.09 bits per heavy atom. The molecular formula is C23H25ClFN3O2S2. The van der Waals surface area contributed by atoms with Crippen LogP contribution in [0, 0.1) is 5.82 Å². The van der Waals surface area contributed by atoms with E-state index >= 15 is 0 Å². The van der Waals surface area contributed by atoms with Crippen molar-refractivity contribution in [3.8, 4) is 0 Å². The van der Waals surface area contributed by atoms with Crippen LogP contribution in [0.25, 0.3) is 11.0 Å². The summed E-state index contributed by atoms with van der Waals surface area (Å²) in [5.74, 6) is 0.0352. The van der Waals surface area contributed by atoms with Gasteiger partial charge in [-0.2, -0.15) is 4.31 Å². The molecule has 1 aromatic heterocycles. The smallest absolute Gasteiger partial charge is 0.243 e. The van der Waals surface area contributed by atoms with Crippen LogP contribution < -0.4 is 0 Å². The number of hydrogen-bond acceptors (Lipinski definition) is 4. The highest BCUT2D eigenvalue weighted by molar-refractivity contribution is 7.98. The van der Waals surface area contributed by atoms with Crippen LogP contribution in [0.15, 0.2) is 46.5 Å². The van der Waals surface area contributed by atoms with Gasteiger partial charge in [0.25, 0.3) is 0 Å². The third kappa shape index (κ3) is 4.06. The first-order valence-electron chi connectivity index (χ1n) is 11.0. The van der Waals surface area contributed by atoms with Gasteiger partial charge in [-0.15, -0.1) is 0 Å². The standard InChI is InChI=1S/C23H25ClFN3O2S2/c24-19-8-5-9-20(25)18(19)15-31-23-26-21-14-17(32(29,30)27-12-3-4-13-27)10-11-22(21)28(23)16-6-1-2-7-16/h5,8-11,14,16H,1-4,6-7,12-13,15H2. The van der Waals surface area contributed by atoms with Crippen molar-refractivity contribution in [2.45, 2.75) is 60.4 Å². The van der Waals surface area contributed by atoms with Crippen molar-refractivity contribution in [1.29, 1.82) is 0 Å². The van der Waals surface area contributed by atoms with Crippen molar-refractivity contribution in [2.75, 3.05) is 13.1 Å². The van der Waals surface area contributed by atoms with Gasteiger partial charge in [0.1, 0.15) is 5.82 Å². The normalized spacial score (nSPS) is 18.2. The fraction of sp³-hybridized carbons (Fsp3) is 0.435. The molecule has 2 fully saturated rings. The van der Waals surface area contributed by atoms with E-state index in [2.05, 4.69) is 4.57 Å². The number of thioether (sulfide) groups is 1. The summed E-state index contributed by atoms with van der Waals surface area (Å²) in [7, 11) is -3.51. The zero-order chi connectivity index (χ0) is 22.3. The highest BCUT2D eigenvalue weighted by atomic mass is 35.5. The topological polar surface area (TPSA) is 55.2 Å². The Morgan fingerprint density at radius 3 is 2.56 bits per heavy atom. The molecular weight excluding hydrogens is 469 g/mol. The number of hydrogen-bond donors (Lipinski definition) is 0. The molecule has 0 radical (unpaired) electrons. The van der Waals surface area contributed by atoms with Crippen LogP contribution in [0.5, 0.6) is 0 Å². The average molecular weight is 494 g/mol. The molecule has 1 aliphatic carbocycles. The van der Waals surface area contributed by atoms with Gasteiger partial charge in [0.2, 0.25) is 10.0 Å². The molecule has 0 unspecified atom stereocenters. The van der Waals surface area contributed by atoms with E-state index in [0.29, 0.717) is 41.0 Å². The second-order valence-electron chi connectivity index (χ2n) is 8.45. The molecule has 0 bridgehead atoms. The van der Waals surface area contributed by atoms with E-state index in [1.165, 1.54) is 17.8 Å². The van der Waals surface area contributed by atoms with E-state index in [1.54, 1.807) is 28.6 Å². The molecule has 2 aliphatic rings. The fourth-order valence-electron chi connectivity index (χ4n) is 4.72. The summed E-state index contributed by atoms with van der Waals surface area (Å²) in [6.07, 6.45) is 6.25. The van der Waals surface area contributed by atoms with Gasteiger partial charge in [0.05, 0.1) is 15.9 Å². The lowest BCUT2D eigenvalue weighted by molar-refractivity contribution is 0.477. The summed E-state index contributed by atoms with van der Waals surface area (Å²) in [5, 5.41) is 1.18. The molecule has 32 heavy (non-hydrogen) atoms. The molecule has 5 rings (SSSR count). The lowest BCUT2D eigenvalue weighted by Gasteiger charge is -2.17. The summed E-state index contributed by atoms with van der Waals surface area (Å²) < 4.78 is 44.1. The lowest BCUT2D eigenvalue weighted by Crippen LogP contribution is -2.27. The van der Waals surface area contributed by atoms with Crippen LogP contribution in [0.4, 0.5) is 4.39 Å². The summed E-state index contributed by atoms with van der Waals surface area (Å²) >= 11 is 7.67. The van der Waals surface area contributed by atoms with Crippen molar-refractivity contribution < 1.29 is 12.8 Å². The van der Waals surface area contributed by atoms with Gasteiger partial charge >= 0.3 is 0 Å². The number of halogens is 2. The molecule has 170 valence electrons. The Balaban J connectivity index is 1.53. The predicted molar refractivity (Wildman–Crippen MR) is 126 cm³/mol. The van der Waals surface area contributed by atoms with E-state index in [4.69, 9.17) is 16.6 Å². The van der Waals surface area contributed by atoms with Gasteiger partial charge < -0.3 is 4.57 Å². The average Bonchev–Trinajstić information content (AvgIpc) is 3.53. The third-order valence-corrected chi connectivity index (χ3v) is 9.66. The van der Waals surface area contributed by atoms with Crippen LogP contribution >= 0.6 is 23.4 Å². The predicted octanol–water partition coefficient (Wildman–Crippen LogP) is 6.02. The van der Waals surface area contributed by atoms with Gasteiger partial charge in [-0.05, 0) is 56.0 Å². The largest absolute Gasteiger partial charge is 0.316 e. The molecule has 0 amide bonds. The number of benzene rings is 2. The molecule has 9 heteroatoms. The molecule has 3 aromatic rings. The van der Waals surface area contributed by atoms with Gasteiger partial charge in [0, 0.05) is 35.5 Å². The van der Waals surface area contributed by atoms with Crippen molar-refractivity contribution in [3.05, 3.63) is 52.8 Å². The number of imidazole rings is 1. The van der Waals surface area contributed by atoms with Crippen LogP contribution in [0.2, 0.25) is 5.02 Å². The molecule has 0 spiro atoms. The first-order valence-corrected chi connectivity index (χ1v) is 13.8. The summed E-state index contributed by atoms with van der Waals surface area (Å²) in [4.78, 5) is 5.10. The van der Waals surface area contributed by atoms with Gasteiger partial charge in [0.15, 0.2) is 5.16 Å². The molecule has 1 saturated carbocycles. The second-order valence-corrected chi connectivity index (χ2v) is 11.7. The van der Waals surface area contributed by atoms with Gasteiger partial charge in [-0.1, -0.05) is 42.3 Å². The van der Waals surface area contributed by atoms with E-state index in [0.717, 1.165) is 49.2 Å². The summed E-state index contributed by atoms with van der Waals surface area (Å²) in [5.41, 5.74) is 2.06. The zero-order valence-corrected chi connectivity index (χ0v) is 20.0. The minimum absolute atomic E-state index is 0.289. The van der Waals surface area contributed by atoms with Crippen molar-refractivity contribution >= 4 is 44.4 Å². The first kappa shape index (κ1) is 22.2. The quantitative estimate of drug-likeness (QED) is 0.394. The van der Waals surface area contributed by atoms with Gasteiger partial charge in [-0.25, -0.2) is 17.8 Å². The maximum Gasteiger partial charge on any atom is 0.243 e. The molecule has 1 aliphatic heterocycles. The van der Waals surface area contributed by atoms with Crippen LogP contribution in [0.1, 0.15) is 50.1 Å². The summed E-state index contributed by atoms with van der Waals surface area (Å²) in [6.45, 7) is 1.14. The lowest BCUT2D eigenvalue weighted by atomic mass is 10.2. The van der Waals surface area contributed by atoms with Crippen LogP contribution in [-0.2, 0) is 15.8 Å². The fourth-order valence-corrected chi connectivity index (χ4v) is 7.68. The Labute approximate surface area is 197 Å². The number of fused-ring (bicyclic) bond motifs is 1. The number of aromatic nitrogens is 2. The van der Waals surface area contributed by atoms with Crippen LogP contribution in [-0.4, -0.2) is 35.4 Å². The first-order chi connectivity index (χ1) is 15.4. The molecule has 2 heterocycles. The molecule has 5 nitrogen and oxygen atoms in total. The third-order valence-electron chi connectivity index (χ3n) is 6.43. The second kappa shape index (κ2) is 8.97.